The Hall–Kier alpha value is -5.66. The maximum absolute atomic E-state index is 4.49. The van der Waals surface area contributed by atoms with Crippen molar-refractivity contribution in [2.45, 2.75) is 158 Å². The number of nitrogens with zero attached hydrogens (tertiary/aromatic N) is 4. The van der Waals surface area contributed by atoms with Gasteiger partial charge in [0.2, 0.25) is 0 Å². The van der Waals surface area contributed by atoms with Crippen LogP contribution in [0.2, 0.25) is 0 Å². The fourth-order valence-electron chi connectivity index (χ4n) is 11.8. The van der Waals surface area contributed by atoms with Crippen molar-refractivity contribution in [2.75, 3.05) is 9.80 Å². The van der Waals surface area contributed by atoms with Crippen molar-refractivity contribution in [1.82, 2.24) is 0 Å². The molecule has 0 unspecified atom stereocenters. The Morgan fingerprint density at radius 1 is 0.326 bits per heavy atom. The van der Waals surface area contributed by atoms with Crippen LogP contribution in [0.25, 0.3) is 0 Å². The molecule has 86 heavy (non-hydrogen) atoms. The van der Waals surface area contributed by atoms with Gasteiger partial charge in [-0.2, -0.15) is 23.3 Å². The Morgan fingerprint density at radius 2 is 0.570 bits per heavy atom. The summed E-state index contributed by atoms with van der Waals surface area (Å²) >= 11 is 4.44. The molecule has 0 aliphatic carbocycles. The second kappa shape index (κ2) is 31.5. The Kier molecular flexibility index (Phi) is 24.8. The summed E-state index contributed by atoms with van der Waals surface area (Å²) in [4.78, 5) is 4.72. The minimum absolute atomic E-state index is 0.352. The number of halogens is 2. The number of para-hydroxylation sites is 4. The van der Waals surface area contributed by atoms with Crippen LogP contribution in [0.3, 0.4) is 0 Å². The standard InChI is InChI=1S/2C39H43N2.2ClH.2Pd/c2*1-26(2)32-21-15-22-33(27(3)4)37(32)40-25-36(30-17-11-9-12-18-30)41(39(40)31-19-13-10-14-20-31)38-34(28(5)6)23-16-24-35(38)29(7)8;;;;/h2*9-17,19-24,26-29H,1-8H3;2*1H;;/q2*-1;;;2*+2/p-2. The van der Waals surface area contributed by atoms with Crippen molar-refractivity contribution < 1.29 is 45.5 Å². The van der Waals surface area contributed by atoms with Crippen molar-refractivity contribution >= 4 is 53.5 Å². The van der Waals surface area contributed by atoms with E-state index in [0.29, 0.717) is 47.3 Å². The summed E-state index contributed by atoms with van der Waals surface area (Å²) in [6, 6.07) is 74.6. The van der Waals surface area contributed by atoms with E-state index in [1.54, 1.807) is 0 Å². The van der Waals surface area contributed by atoms with Crippen LogP contribution in [0.5, 0.6) is 0 Å². The summed E-state index contributed by atoms with van der Waals surface area (Å²) in [6.07, 6.45) is 0. The molecular weight excluding hydrogens is 1280 g/mol. The summed E-state index contributed by atoms with van der Waals surface area (Å²) in [7, 11) is 8.98. The van der Waals surface area contributed by atoms with Crippen LogP contribution in [-0.4, -0.2) is 20.8 Å². The number of anilines is 2. The molecule has 0 atom stereocenters. The maximum atomic E-state index is 4.49. The number of hydrogen-bond donors (Lipinski definition) is 0. The topological polar surface area (TPSA) is 12.5 Å². The molecule has 0 aromatic heterocycles. The number of benzene rings is 8. The van der Waals surface area contributed by atoms with Gasteiger partial charge >= 0.3 is 55.4 Å². The Balaban J connectivity index is 0.000000233. The van der Waals surface area contributed by atoms with E-state index in [2.05, 4.69) is 368 Å². The quantitative estimate of drug-likeness (QED) is 0.0543. The minimum atomic E-state index is 0.352. The molecule has 0 bridgehead atoms. The Bertz CT molecular complexity index is 3180. The molecule has 452 valence electrons. The number of hydrogen-bond acceptors (Lipinski definition) is 2. The first-order valence-electron chi connectivity index (χ1n) is 30.4. The monoisotopic (exact) mass is 1360 g/mol. The van der Waals surface area contributed by atoms with Crippen LogP contribution in [0.4, 0.5) is 22.7 Å². The Morgan fingerprint density at radius 3 is 0.802 bits per heavy atom. The van der Waals surface area contributed by atoms with Gasteiger partial charge in [-0.1, -0.05) is 279 Å². The van der Waals surface area contributed by atoms with Crippen molar-refractivity contribution in [2.24, 2.45) is 0 Å². The van der Waals surface area contributed by atoms with Gasteiger partial charge in [-0.05, 0) is 58.5 Å². The van der Waals surface area contributed by atoms with Gasteiger partial charge in [0.15, 0.2) is 24.8 Å². The molecule has 2 aliphatic rings. The second-order valence-corrected chi connectivity index (χ2v) is 24.6. The summed E-state index contributed by atoms with van der Waals surface area (Å²) in [6.45, 7) is 44.6. The van der Waals surface area contributed by atoms with Gasteiger partial charge in [-0.15, -0.1) is 24.3 Å². The molecule has 0 saturated carbocycles. The van der Waals surface area contributed by atoms with E-state index in [0.717, 1.165) is 46.0 Å². The molecule has 0 fully saturated rings. The third kappa shape index (κ3) is 14.7. The van der Waals surface area contributed by atoms with E-state index in [-0.39, 0.29) is 0 Å². The molecule has 0 amide bonds. The third-order valence-corrected chi connectivity index (χ3v) is 16.0. The molecule has 10 rings (SSSR count). The van der Waals surface area contributed by atoms with Gasteiger partial charge in [0.1, 0.15) is 11.4 Å². The van der Waals surface area contributed by atoms with Gasteiger partial charge in [-0.25, -0.2) is 12.1 Å². The molecule has 4 radical (unpaired) electrons. The summed E-state index contributed by atoms with van der Waals surface area (Å²) < 4.78 is 4.96. The normalized spacial score (nSPS) is 13.5. The summed E-state index contributed by atoms with van der Waals surface area (Å²) in [5, 5.41) is 0. The molecule has 0 saturated heterocycles. The molecule has 4 nitrogen and oxygen atoms in total. The molecule has 0 N–H and O–H groups in total. The zero-order chi connectivity index (χ0) is 62.5. The zero-order valence-electron chi connectivity index (χ0n) is 53.1. The average molecular weight is 1360 g/mol. The fourth-order valence-corrected chi connectivity index (χ4v) is 11.8. The van der Waals surface area contributed by atoms with Crippen molar-refractivity contribution in [3.05, 3.63) is 286 Å². The predicted octanol–water partition coefficient (Wildman–Crippen LogP) is 21.8. The Labute approximate surface area is 548 Å². The zero-order valence-corrected chi connectivity index (χ0v) is 57.7. The van der Waals surface area contributed by atoms with Gasteiger partial charge in [0.05, 0.1) is 0 Å². The third-order valence-electron chi connectivity index (χ3n) is 16.0. The first-order chi connectivity index (χ1) is 41.4. The molecule has 8 aromatic rings. The summed E-state index contributed by atoms with van der Waals surface area (Å²) in [5.74, 6) is 5.07. The van der Waals surface area contributed by atoms with Crippen molar-refractivity contribution in [3.8, 4) is 0 Å². The van der Waals surface area contributed by atoms with Crippen molar-refractivity contribution in [3.63, 3.8) is 0 Å². The van der Waals surface area contributed by atoms with E-state index in [4.69, 9.17) is 0 Å². The van der Waals surface area contributed by atoms with Crippen molar-refractivity contribution in [1.29, 1.82) is 0 Å². The average Bonchev–Trinajstić information content (AvgIpc) is 1.61. The first kappa shape index (κ1) is 67.8. The van der Waals surface area contributed by atoms with Crippen LogP contribution >= 0.6 is 19.1 Å². The van der Waals surface area contributed by atoms with E-state index in [9.17, 15) is 0 Å². The second-order valence-electron chi connectivity index (χ2n) is 24.6. The molecule has 2 aliphatic heterocycles. The summed E-state index contributed by atoms with van der Waals surface area (Å²) in [5.41, 5.74) is 20.0. The SMILES string of the molecule is CC(C)c1cccc(C(C)C)c1N1[C][C-](c2[c-]cccc2)[N+](c2c(C(C)C)cccc2C(C)C)=C1c1ccccc1.CC(C)c1cccc(C(C)C)c1N1[C][C-](c2[c-]cccc2)[N+](c2c(C(C)C)cccc2C(C)C)=C1c1ccccc1.[Cl][Pd+].[Cl][Pd+]. The van der Waals surface area contributed by atoms with E-state index >= 15 is 0 Å². The molecule has 2 heterocycles. The van der Waals surface area contributed by atoms with E-state index in [1.165, 1.54) is 67.3 Å². The van der Waals surface area contributed by atoms with Gasteiger partial charge < -0.3 is 9.15 Å². The van der Waals surface area contributed by atoms with E-state index in [1.807, 2.05) is 24.3 Å². The van der Waals surface area contributed by atoms with Crippen LogP contribution in [-0.2, 0) is 36.4 Å². The van der Waals surface area contributed by atoms with Gasteiger partial charge in [0.25, 0.3) is 0 Å². The van der Waals surface area contributed by atoms with Gasteiger partial charge in [0, 0.05) is 45.7 Å². The van der Waals surface area contributed by atoms with Crippen LogP contribution in [0.15, 0.2) is 182 Å². The van der Waals surface area contributed by atoms with Gasteiger partial charge in [-0.3, -0.25) is 9.80 Å². The van der Waals surface area contributed by atoms with Crippen LogP contribution < -0.4 is 9.80 Å². The van der Waals surface area contributed by atoms with Crippen LogP contribution in [0.1, 0.15) is 225 Å². The molecule has 8 heteroatoms. The number of rotatable bonds is 16. The number of amidine groups is 2. The van der Waals surface area contributed by atoms with E-state index < -0.39 is 0 Å². The molecule has 8 aromatic carbocycles. The predicted molar refractivity (Wildman–Crippen MR) is 358 cm³/mol. The fraction of sp³-hybridized carbons (Fsp3) is 0.308. The molecule has 0 spiro atoms. The molecular formula is C78H86Cl2N4Pd2. The van der Waals surface area contributed by atoms with Crippen LogP contribution in [0, 0.1) is 37.3 Å². The first-order valence-corrected chi connectivity index (χ1v) is 34.4.